The summed E-state index contributed by atoms with van der Waals surface area (Å²) in [6, 6.07) is 15.5. The topological polar surface area (TPSA) is 105 Å². The molecule has 0 spiro atoms. The monoisotopic (exact) mass is 450 g/mol. The Balaban J connectivity index is 1.37. The molecule has 3 N–H and O–H groups in total. The number of hydrogen-bond donors (Lipinski definition) is 3. The van der Waals surface area contributed by atoms with Gasteiger partial charge in [0.15, 0.2) is 0 Å². The molecule has 2 aliphatic rings. The van der Waals surface area contributed by atoms with Crippen LogP contribution < -0.4 is 10.6 Å². The van der Waals surface area contributed by atoms with Gasteiger partial charge in [0, 0.05) is 18.0 Å². The number of nitrogens with one attached hydrogen (secondary N) is 2. The summed E-state index contributed by atoms with van der Waals surface area (Å²) in [5.74, 6) is -1.59. The summed E-state index contributed by atoms with van der Waals surface area (Å²) in [6.07, 6.45) is 2.50. The molecule has 2 aliphatic carbocycles. The average molecular weight is 451 g/mol. The molecule has 7 heteroatoms. The molecule has 7 nitrogen and oxygen atoms in total. The number of carboxylic acids is 1. The molecule has 0 aliphatic heterocycles. The summed E-state index contributed by atoms with van der Waals surface area (Å²) >= 11 is 0. The first-order valence-corrected chi connectivity index (χ1v) is 11.6. The number of fused-ring (bicyclic) bond motifs is 3. The van der Waals surface area contributed by atoms with Crippen LogP contribution >= 0.6 is 0 Å². The minimum atomic E-state index is -0.959. The van der Waals surface area contributed by atoms with E-state index in [0.717, 1.165) is 24.0 Å². The van der Waals surface area contributed by atoms with Crippen LogP contribution in [0.2, 0.25) is 0 Å². The van der Waals surface area contributed by atoms with Crippen molar-refractivity contribution in [2.24, 2.45) is 5.92 Å². The van der Waals surface area contributed by atoms with E-state index in [1.807, 2.05) is 24.3 Å². The van der Waals surface area contributed by atoms with Gasteiger partial charge in [0.2, 0.25) is 5.91 Å². The Bertz CT molecular complexity index is 991. The number of hydrogen-bond acceptors (Lipinski definition) is 4. The van der Waals surface area contributed by atoms with Gasteiger partial charge in [-0.25, -0.2) is 4.79 Å². The highest BCUT2D eigenvalue weighted by molar-refractivity contribution is 5.82. The molecule has 2 amide bonds. The average Bonchev–Trinajstić information content (AvgIpc) is 3.11. The van der Waals surface area contributed by atoms with Gasteiger partial charge in [-0.05, 0) is 42.0 Å². The van der Waals surface area contributed by atoms with Gasteiger partial charge in [0.25, 0.3) is 0 Å². The van der Waals surface area contributed by atoms with Crippen LogP contribution in [0.15, 0.2) is 48.5 Å². The Morgan fingerprint density at radius 2 is 1.61 bits per heavy atom. The van der Waals surface area contributed by atoms with Crippen molar-refractivity contribution in [1.82, 2.24) is 10.6 Å². The molecule has 0 radical (unpaired) electrons. The fraction of sp³-hybridized carbons (Fsp3) is 0.423. The highest BCUT2D eigenvalue weighted by Gasteiger charge is 2.34. The molecular formula is C26H30N2O5. The molecule has 33 heavy (non-hydrogen) atoms. The van der Waals surface area contributed by atoms with E-state index in [1.54, 1.807) is 6.92 Å². The number of alkyl carbamates (subject to hydrolysis) is 1. The zero-order valence-corrected chi connectivity index (χ0v) is 18.8. The second-order valence-corrected chi connectivity index (χ2v) is 8.97. The fourth-order valence-electron chi connectivity index (χ4n) is 5.07. The third-order valence-corrected chi connectivity index (χ3v) is 6.62. The largest absolute Gasteiger partial charge is 0.481 e. The van der Waals surface area contributed by atoms with Crippen LogP contribution in [-0.4, -0.2) is 41.8 Å². The second kappa shape index (κ2) is 10.1. The molecule has 0 saturated heterocycles. The Kier molecular flexibility index (Phi) is 6.96. The van der Waals surface area contributed by atoms with Gasteiger partial charge in [0.05, 0.1) is 12.3 Å². The molecular weight excluding hydrogens is 420 g/mol. The van der Waals surface area contributed by atoms with Gasteiger partial charge in [0.1, 0.15) is 6.61 Å². The van der Waals surface area contributed by atoms with E-state index in [-0.39, 0.29) is 30.9 Å². The molecule has 3 atom stereocenters. The number of carboxylic acid groups (broad SMARTS) is 1. The Morgan fingerprint density at radius 3 is 2.24 bits per heavy atom. The number of rotatable bonds is 7. The van der Waals surface area contributed by atoms with E-state index < -0.39 is 24.0 Å². The first-order valence-electron chi connectivity index (χ1n) is 11.6. The van der Waals surface area contributed by atoms with Crippen LogP contribution in [-0.2, 0) is 14.3 Å². The first-order chi connectivity index (χ1) is 15.9. The predicted octanol–water partition coefficient (Wildman–Crippen LogP) is 4.06. The van der Waals surface area contributed by atoms with Crippen LogP contribution in [0, 0.1) is 5.92 Å². The van der Waals surface area contributed by atoms with Crippen LogP contribution in [0.25, 0.3) is 11.1 Å². The highest BCUT2D eigenvalue weighted by Crippen LogP contribution is 2.44. The number of carbonyl (C=O) groups is 3. The first kappa shape index (κ1) is 22.8. The summed E-state index contributed by atoms with van der Waals surface area (Å²) in [5.41, 5.74) is 4.63. The summed E-state index contributed by atoms with van der Waals surface area (Å²) in [7, 11) is 0. The van der Waals surface area contributed by atoms with Gasteiger partial charge < -0.3 is 20.5 Å². The minimum Gasteiger partial charge on any atom is -0.481 e. The number of benzene rings is 2. The van der Waals surface area contributed by atoms with Crippen molar-refractivity contribution >= 4 is 18.0 Å². The fourth-order valence-corrected chi connectivity index (χ4v) is 5.07. The van der Waals surface area contributed by atoms with Crippen molar-refractivity contribution in [3.8, 4) is 11.1 Å². The molecule has 174 valence electrons. The van der Waals surface area contributed by atoms with Crippen LogP contribution in [0.1, 0.15) is 56.1 Å². The molecule has 2 aromatic rings. The van der Waals surface area contributed by atoms with E-state index in [0.29, 0.717) is 12.8 Å². The number of ether oxygens (including phenoxy) is 1. The lowest BCUT2D eigenvalue weighted by Gasteiger charge is -2.31. The van der Waals surface area contributed by atoms with E-state index in [1.165, 1.54) is 11.1 Å². The van der Waals surface area contributed by atoms with E-state index in [2.05, 4.69) is 34.9 Å². The molecule has 4 rings (SSSR count). The molecule has 1 saturated carbocycles. The zero-order valence-electron chi connectivity index (χ0n) is 18.8. The summed E-state index contributed by atoms with van der Waals surface area (Å²) in [6.45, 7) is 1.89. The summed E-state index contributed by atoms with van der Waals surface area (Å²) in [4.78, 5) is 36.3. The van der Waals surface area contributed by atoms with Crippen LogP contribution in [0.3, 0.4) is 0 Å². The van der Waals surface area contributed by atoms with Crippen molar-refractivity contribution in [3.05, 3.63) is 59.7 Å². The van der Waals surface area contributed by atoms with Gasteiger partial charge in [-0.15, -0.1) is 0 Å². The zero-order chi connectivity index (χ0) is 23.4. The van der Waals surface area contributed by atoms with E-state index in [9.17, 15) is 14.4 Å². The molecule has 0 aromatic heterocycles. The number of aliphatic carboxylic acids is 1. The molecule has 2 unspecified atom stereocenters. The van der Waals surface area contributed by atoms with Crippen molar-refractivity contribution in [1.29, 1.82) is 0 Å². The SMILES string of the molecule is C[C@H](CC(=O)O)NC(=O)C1CCCCC1NC(=O)OCC1c2ccccc2-c2ccccc21. The van der Waals surface area contributed by atoms with Crippen molar-refractivity contribution in [2.75, 3.05) is 6.61 Å². The maximum absolute atomic E-state index is 12.7. The molecule has 0 bridgehead atoms. The van der Waals surface area contributed by atoms with Crippen molar-refractivity contribution in [3.63, 3.8) is 0 Å². The lowest BCUT2D eigenvalue weighted by Crippen LogP contribution is -2.50. The smallest absolute Gasteiger partial charge is 0.407 e. The molecule has 1 fully saturated rings. The summed E-state index contributed by atoms with van der Waals surface area (Å²) < 4.78 is 5.64. The number of carbonyl (C=O) groups excluding carboxylic acids is 2. The maximum Gasteiger partial charge on any atom is 0.407 e. The second-order valence-electron chi connectivity index (χ2n) is 8.97. The Hall–Kier alpha value is -3.35. The van der Waals surface area contributed by atoms with E-state index in [4.69, 9.17) is 9.84 Å². The minimum absolute atomic E-state index is 0.0227. The normalized spacial score (nSPS) is 20.3. The standard InChI is InChI=1S/C26H30N2O5/c1-16(14-24(29)30)27-25(31)21-12-6-7-13-23(21)28-26(32)33-15-22-19-10-4-2-8-17(19)18-9-3-5-11-20(18)22/h2-5,8-11,16,21-23H,6-7,12-15H2,1H3,(H,27,31)(H,28,32)(H,29,30)/t16-,21?,23?/m1/s1. The molecule has 0 heterocycles. The third kappa shape index (κ3) is 5.18. The van der Waals surface area contributed by atoms with Gasteiger partial charge >= 0.3 is 12.1 Å². The number of amides is 2. The van der Waals surface area contributed by atoms with Gasteiger partial charge in [-0.1, -0.05) is 61.4 Å². The van der Waals surface area contributed by atoms with Crippen molar-refractivity contribution < 1.29 is 24.2 Å². The lowest BCUT2D eigenvalue weighted by atomic mass is 9.83. The third-order valence-electron chi connectivity index (χ3n) is 6.62. The van der Waals surface area contributed by atoms with Crippen molar-refractivity contribution in [2.45, 2.75) is 57.0 Å². The van der Waals surface area contributed by atoms with Gasteiger partial charge in [-0.2, -0.15) is 0 Å². The van der Waals surface area contributed by atoms with Crippen LogP contribution in [0.4, 0.5) is 4.79 Å². The Morgan fingerprint density at radius 1 is 1.00 bits per heavy atom. The summed E-state index contributed by atoms with van der Waals surface area (Å²) in [5, 5.41) is 14.6. The molecule has 2 aromatic carbocycles. The maximum atomic E-state index is 12.7. The Labute approximate surface area is 193 Å². The lowest BCUT2D eigenvalue weighted by molar-refractivity contribution is -0.137. The van der Waals surface area contributed by atoms with Gasteiger partial charge in [-0.3, -0.25) is 9.59 Å². The highest BCUT2D eigenvalue weighted by atomic mass is 16.5. The van der Waals surface area contributed by atoms with E-state index >= 15 is 0 Å². The predicted molar refractivity (Wildman–Crippen MR) is 124 cm³/mol. The van der Waals surface area contributed by atoms with Crippen LogP contribution in [0.5, 0.6) is 0 Å². The quantitative estimate of drug-likeness (QED) is 0.590.